The Bertz CT molecular complexity index is 2360. The fraction of sp³-hybridized carbons (Fsp3) is 0.817. The molecule has 1 aromatic carbocycles. The van der Waals surface area contributed by atoms with Crippen molar-refractivity contribution in [2.45, 2.75) is 230 Å². The first-order valence-electron chi connectivity index (χ1n) is 29.4. The van der Waals surface area contributed by atoms with E-state index < -0.39 is 107 Å². The van der Waals surface area contributed by atoms with E-state index in [1.54, 1.807) is 27.9 Å². The van der Waals surface area contributed by atoms with E-state index in [-0.39, 0.29) is 48.9 Å². The van der Waals surface area contributed by atoms with Gasteiger partial charge < -0.3 is 82.5 Å². The first-order chi connectivity index (χ1) is 37.6. The Kier molecular flexibility index (Phi) is 23.6. The fourth-order valence-electron chi connectivity index (χ4n) is 12.6. The predicted molar refractivity (Wildman–Crippen MR) is 301 cm³/mol. The van der Waals surface area contributed by atoms with E-state index in [0.29, 0.717) is 70.6 Å². The molecule has 2 aromatic rings. The number of aromatic nitrogens is 1. The third-order valence-electron chi connectivity index (χ3n) is 17.5. The van der Waals surface area contributed by atoms with Crippen molar-refractivity contribution >= 4 is 22.8 Å². The molecule has 4 heterocycles. The first-order valence-corrected chi connectivity index (χ1v) is 29.4. The molecule has 4 fully saturated rings. The summed E-state index contributed by atoms with van der Waals surface area (Å²) < 4.78 is 59.3. The number of carbonyl (C=O) groups excluding carboxylic acids is 1. The van der Waals surface area contributed by atoms with Crippen molar-refractivity contribution in [1.82, 2.24) is 14.4 Å². The molecule has 456 valence electrons. The van der Waals surface area contributed by atoms with Crippen LogP contribution < -0.4 is 5.43 Å². The van der Waals surface area contributed by atoms with Gasteiger partial charge in [0.1, 0.15) is 35.6 Å². The summed E-state index contributed by atoms with van der Waals surface area (Å²) in [6.07, 6.45) is -1.64. The Hall–Kier alpha value is -3.19. The molecule has 20 nitrogen and oxygen atoms in total. The molecule has 20 heteroatoms. The maximum absolute atomic E-state index is 14.6. The molecule has 80 heavy (non-hydrogen) atoms. The number of carboxylic acid groups (broad SMARTS) is 1. The molecular weight excluding hydrogens is 1030 g/mol. The van der Waals surface area contributed by atoms with Gasteiger partial charge in [-0.3, -0.25) is 9.59 Å². The largest absolute Gasteiger partial charge is 0.477 e. The second kappa shape index (κ2) is 28.6. The van der Waals surface area contributed by atoms with Gasteiger partial charge in [-0.15, -0.1) is 0 Å². The zero-order valence-electron chi connectivity index (χ0n) is 50.3. The summed E-state index contributed by atoms with van der Waals surface area (Å²) in [4.78, 5) is 43.3. The molecule has 5 N–H and O–H groups in total. The number of aliphatic hydroxyl groups is 4. The second-order valence-electron chi connectivity index (χ2n) is 24.7. The van der Waals surface area contributed by atoms with Crippen LogP contribution in [0.4, 0.5) is 0 Å². The third-order valence-corrected chi connectivity index (χ3v) is 17.5. The molecule has 6 rings (SSSR count). The van der Waals surface area contributed by atoms with Crippen LogP contribution in [0.25, 0.3) is 10.9 Å². The fourth-order valence-corrected chi connectivity index (χ4v) is 12.6. The van der Waals surface area contributed by atoms with Crippen molar-refractivity contribution in [2.24, 2.45) is 17.8 Å². The van der Waals surface area contributed by atoms with Gasteiger partial charge in [-0.25, -0.2) is 4.79 Å². The van der Waals surface area contributed by atoms with E-state index in [2.05, 4.69) is 0 Å². The van der Waals surface area contributed by atoms with Crippen molar-refractivity contribution < 1.29 is 77.8 Å². The van der Waals surface area contributed by atoms with Crippen LogP contribution in [-0.2, 0) is 53.8 Å². The van der Waals surface area contributed by atoms with Crippen LogP contribution in [0.2, 0.25) is 0 Å². The average Bonchev–Trinajstić information content (AvgIpc) is 4.30. The van der Waals surface area contributed by atoms with Crippen molar-refractivity contribution in [3.05, 3.63) is 45.7 Å². The molecule has 0 radical (unpaired) electrons. The topological polar surface area (TPSA) is 247 Å². The van der Waals surface area contributed by atoms with Crippen LogP contribution in [-0.4, -0.2) is 210 Å². The SMILES string of the molecule is CC[C@H]1OC(=O)[C@H](C)[C@@H](O[C@H]2C[C@@](C)(OC)[C@@H](OCCCOCCCOCCCc3ccc4c(c3)c(=O)c(C(=O)O)cn4C3CC3)[C@H](C)O2)[C@H](C)[C@@H](O[C@@H]2O[C@H](C)C[C@H](N(C)C)[C@H]2O)[C@](C)(O)C[C@@H](C)CN(C)[C@H](C)[C@@H](O)[C@]1(C)O. The number of ether oxygens (including phenoxy) is 9. The number of aromatic carboxylic acids is 1. The number of methoxy groups -OCH3 is 1. The summed E-state index contributed by atoms with van der Waals surface area (Å²) in [5, 5.41) is 58.2. The molecule has 1 aliphatic carbocycles. The van der Waals surface area contributed by atoms with Gasteiger partial charge in [0, 0.05) is 88.7 Å². The van der Waals surface area contributed by atoms with Gasteiger partial charge >= 0.3 is 11.9 Å². The summed E-state index contributed by atoms with van der Waals surface area (Å²) in [6.45, 7) is 20.9. The van der Waals surface area contributed by atoms with E-state index >= 15 is 0 Å². The minimum Gasteiger partial charge on any atom is -0.477 e. The maximum Gasteiger partial charge on any atom is 0.341 e. The minimum absolute atomic E-state index is 0.170. The summed E-state index contributed by atoms with van der Waals surface area (Å²) in [7, 11) is 7.24. The summed E-state index contributed by atoms with van der Waals surface area (Å²) in [5.41, 5.74) is -3.26. The van der Waals surface area contributed by atoms with Crippen LogP contribution in [0.1, 0.15) is 149 Å². The van der Waals surface area contributed by atoms with Crippen molar-refractivity contribution in [1.29, 1.82) is 0 Å². The zero-order chi connectivity index (χ0) is 59.0. The summed E-state index contributed by atoms with van der Waals surface area (Å²) in [6, 6.07) is 5.12. The zero-order valence-corrected chi connectivity index (χ0v) is 50.3. The van der Waals surface area contributed by atoms with Crippen LogP contribution in [0.15, 0.2) is 29.2 Å². The Balaban J connectivity index is 1.06. The lowest BCUT2D eigenvalue weighted by Gasteiger charge is -2.49. The highest BCUT2D eigenvalue weighted by Crippen LogP contribution is 2.42. The highest BCUT2D eigenvalue weighted by molar-refractivity contribution is 5.92. The molecule has 1 aromatic heterocycles. The number of aliphatic hydroxyl groups excluding tert-OH is 2. The van der Waals surface area contributed by atoms with Gasteiger partial charge in [-0.05, 0) is 151 Å². The standard InChI is InChI=1S/C60H99N3O17/c1-15-47-60(10,71)52(66)39(6)62(13)33-35(2)31-58(8,70)53(80-57-50(65)46(61(11)12)29-36(3)76-57)37(4)51(38(5)56(69)78-47)79-48-32-59(9,72-14)54(40(7)77-48)75-28-18-27-74-26-17-25-73-24-16-19-41-20-23-45-43(30-41)49(64)44(55(67)68)34-63(45)42-21-22-42/h20,23,30,34-40,42,46-48,50-54,57,65-66,70-71H,15-19,21-22,24-29,31-33H2,1-14H3,(H,67,68)/t35-,36-,37+,38-,39-,40+,46+,47-,48+,50-,51+,52-,53-,54+,57+,58-,59-,60-/m1/s1. The minimum atomic E-state index is -1.83. The van der Waals surface area contributed by atoms with Gasteiger partial charge in [-0.2, -0.15) is 0 Å². The number of pyridine rings is 1. The van der Waals surface area contributed by atoms with Crippen LogP contribution >= 0.6 is 0 Å². The number of nitrogens with zero attached hydrogens (tertiary/aromatic N) is 3. The number of hydrogen-bond donors (Lipinski definition) is 5. The van der Waals surface area contributed by atoms with Crippen LogP contribution in [0.3, 0.4) is 0 Å². The van der Waals surface area contributed by atoms with E-state index in [0.717, 1.165) is 30.3 Å². The molecule has 0 amide bonds. The molecule has 0 bridgehead atoms. The van der Waals surface area contributed by atoms with E-state index in [1.165, 1.54) is 13.1 Å². The van der Waals surface area contributed by atoms with Gasteiger partial charge in [0.25, 0.3) is 0 Å². The Morgan fingerprint density at radius 1 is 0.875 bits per heavy atom. The van der Waals surface area contributed by atoms with E-state index in [1.807, 2.05) is 95.3 Å². The summed E-state index contributed by atoms with van der Waals surface area (Å²) in [5.74, 6) is -3.88. The van der Waals surface area contributed by atoms with E-state index in [4.69, 9.17) is 42.6 Å². The van der Waals surface area contributed by atoms with Gasteiger partial charge in [0.2, 0.25) is 5.43 Å². The van der Waals surface area contributed by atoms with Crippen molar-refractivity contribution in [3.63, 3.8) is 0 Å². The number of benzene rings is 1. The lowest BCUT2D eigenvalue weighted by atomic mass is 9.77. The van der Waals surface area contributed by atoms with Crippen LogP contribution in [0, 0.1) is 17.8 Å². The normalized spacial score (nSPS) is 37.3. The molecule has 4 aliphatic rings. The molecule has 3 aliphatic heterocycles. The predicted octanol–water partition coefficient (Wildman–Crippen LogP) is 5.72. The molecular formula is C60H99N3O17. The van der Waals surface area contributed by atoms with E-state index in [9.17, 15) is 39.9 Å². The van der Waals surface area contributed by atoms with Crippen molar-refractivity contribution in [3.8, 4) is 0 Å². The highest BCUT2D eigenvalue weighted by Gasteiger charge is 2.53. The van der Waals surface area contributed by atoms with Crippen LogP contribution in [0.5, 0.6) is 0 Å². The Morgan fingerprint density at radius 2 is 1.52 bits per heavy atom. The molecule has 3 saturated heterocycles. The summed E-state index contributed by atoms with van der Waals surface area (Å²) >= 11 is 0. The number of fused-ring (bicyclic) bond motifs is 1. The highest BCUT2D eigenvalue weighted by atomic mass is 16.7. The third kappa shape index (κ3) is 16.2. The Morgan fingerprint density at radius 3 is 2.14 bits per heavy atom. The Labute approximate surface area is 474 Å². The van der Waals surface area contributed by atoms with Crippen molar-refractivity contribution in [2.75, 3.05) is 67.8 Å². The average molecular weight is 1130 g/mol. The number of cyclic esters (lactones) is 1. The number of esters is 1. The van der Waals surface area contributed by atoms with Gasteiger partial charge in [0.05, 0.1) is 47.1 Å². The number of likely N-dealkylation sites (N-methyl/N-ethyl adjacent to an activating group) is 2. The number of hydrogen-bond acceptors (Lipinski definition) is 18. The monoisotopic (exact) mass is 1130 g/mol. The maximum atomic E-state index is 14.6. The second-order valence-corrected chi connectivity index (χ2v) is 24.7. The number of carbonyl (C=O) groups is 2. The van der Waals surface area contributed by atoms with Gasteiger partial charge in [-0.1, -0.05) is 26.8 Å². The quantitative estimate of drug-likeness (QED) is 0.0699. The molecule has 1 saturated carbocycles. The number of aryl methyl sites for hydroxylation is 1. The molecule has 18 atom stereocenters. The lowest BCUT2D eigenvalue weighted by molar-refractivity contribution is -0.321. The first kappa shape index (κ1) is 66.0. The number of carboxylic acids is 1. The lowest BCUT2D eigenvalue weighted by Crippen LogP contribution is -2.61. The smallest absolute Gasteiger partial charge is 0.341 e. The van der Waals surface area contributed by atoms with Gasteiger partial charge in [0.15, 0.2) is 12.6 Å². The molecule has 0 spiro atoms. The number of rotatable bonds is 22. The molecule has 0 unspecified atom stereocenters.